The van der Waals surface area contributed by atoms with Gasteiger partial charge in [-0.05, 0) is 18.6 Å². The number of carboxylic acids is 1. The number of nitrogens with zero attached hydrogens (tertiary/aromatic N) is 2. The number of furan rings is 1. The maximum absolute atomic E-state index is 11.1. The van der Waals surface area contributed by atoms with Crippen molar-refractivity contribution in [1.82, 2.24) is 4.90 Å². The van der Waals surface area contributed by atoms with Crippen LogP contribution in [0.2, 0.25) is 5.02 Å². The predicted molar refractivity (Wildman–Crippen MR) is 84.6 cm³/mol. The van der Waals surface area contributed by atoms with Gasteiger partial charge < -0.3 is 24.4 Å². The zero-order chi connectivity index (χ0) is 16.6. The largest absolute Gasteiger partial charge is 0.475 e. The van der Waals surface area contributed by atoms with Gasteiger partial charge in [0.15, 0.2) is 0 Å². The van der Waals surface area contributed by atoms with E-state index >= 15 is 0 Å². The fraction of sp³-hybridized carbons (Fsp3) is 0.333. The Balaban J connectivity index is 1.92. The number of hydrogen-bond donors (Lipinski definition) is 2. The monoisotopic (exact) mass is 338 g/mol. The number of aromatic carboxylic acids is 1. The molecule has 1 aromatic carbocycles. The lowest BCUT2D eigenvalue weighted by atomic mass is 10.2. The molecule has 1 aliphatic heterocycles. The first-order chi connectivity index (χ1) is 11.0. The lowest BCUT2D eigenvalue weighted by molar-refractivity contribution is 0.0665. The molecule has 0 bridgehead atoms. The zero-order valence-electron chi connectivity index (χ0n) is 12.2. The number of halogens is 1. The number of rotatable bonds is 2. The molecule has 7 nitrogen and oxygen atoms in total. The molecular formula is C15H15ClN2O5. The molecule has 2 N–H and O–H groups in total. The highest BCUT2D eigenvalue weighted by atomic mass is 35.5. The van der Waals surface area contributed by atoms with E-state index in [0.717, 1.165) is 5.69 Å². The number of amides is 1. The summed E-state index contributed by atoms with van der Waals surface area (Å²) in [5.41, 5.74) is 1.17. The van der Waals surface area contributed by atoms with Crippen LogP contribution in [0.25, 0.3) is 11.0 Å². The van der Waals surface area contributed by atoms with Gasteiger partial charge in [-0.2, -0.15) is 0 Å². The van der Waals surface area contributed by atoms with Crippen molar-refractivity contribution < 1.29 is 24.2 Å². The highest BCUT2D eigenvalue weighted by molar-refractivity contribution is 6.38. The second-order valence-corrected chi connectivity index (χ2v) is 5.71. The van der Waals surface area contributed by atoms with Crippen LogP contribution in [0.4, 0.5) is 10.5 Å². The molecule has 0 radical (unpaired) electrons. The van der Waals surface area contributed by atoms with Gasteiger partial charge in [-0.25, -0.2) is 9.59 Å². The first-order valence-corrected chi connectivity index (χ1v) is 7.53. The molecule has 122 valence electrons. The average molecular weight is 339 g/mol. The summed E-state index contributed by atoms with van der Waals surface area (Å²) in [7, 11) is 0. The minimum atomic E-state index is -1.15. The highest BCUT2D eigenvalue weighted by Gasteiger charge is 2.22. The Bertz CT molecular complexity index is 773. The third kappa shape index (κ3) is 2.92. The van der Waals surface area contributed by atoms with Crippen LogP contribution in [0, 0.1) is 0 Å². The molecule has 0 aliphatic carbocycles. The average Bonchev–Trinajstić information content (AvgIpc) is 2.80. The van der Waals surface area contributed by atoms with Crippen molar-refractivity contribution in [2.75, 3.05) is 31.1 Å². The third-order valence-electron chi connectivity index (χ3n) is 3.93. The van der Waals surface area contributed by atoms with Gasteiger partial charge in [0.05, 0.1) is 10.7 Å². The Morgan fingerprint density at radius 1 is 1.13 bits per heavy atom. The summed E-state index contributed by atoms with van der Waals surface area (Å²) in [5.74, 6) is -1.31. The molecule has 8 heteroatoms. The molecule has 23 heavy (non-hydrogen) atoms. The number of carbonyl (C=O) groups is 2. The molecular weight excluding hydrogens is 324 g/mol. The van der Waals surface area contributed by atoms with Gasteiger partial charge in [0.2, 0.25) is 5.76 Å². The van der Waals surface area contributed by atoms with Crippen molar-refractivity contribution >= 4 is 40.3 Å². The van der Waals surface area contributed by atoms with E-state index in [2.05, 4.69) is 0 Å². The van der Waals surface area contributed by atoms with Crippen molar-refractivity contribution in [1.29, 1.82) is 0 Å². The molecule has 0 atom stereocenters. The number of fused-ring (bicyclic) bond motifs is 1. The summed E-state index contributed by atoms with van der Waals surface area (Å²) >= 11 is 6.42. The van der Waals surface area contributed by atoms with Crippen molar-refractivity contribution in [3.8, 4) is 0 Å². The second kappa shape index (κ2) is 6.00. The molecule has 0 saturated carbocycles. The zero-order valence-corrected chi connectivity index (χ0v) is 12.9. The Morgan fingerprint density at radius 3 is 2.61 bits per heavy atom. The van der Waals surface area contributed by atoms with Crippen LogP contribution in [0.15, 0.2) is 22.6 Å². The van der Waals surface area contributed by atoms with Crippen LogP contribution in [0.1, 0.15) is 17.0 Å². The Labute approximate surface area is 136 Å². The van der Waals surface area contributed by atoms with Crippen LogP contribution >= 0.6 is 11.6 Å². The maximum Gasteiger partial charge on any atom is 0.407 e. The molecule has 1 aliphatic rings. The predicted octanol–water partition coefficient (Wildman–Crippen LogP) is 2.97. The van der Waals surface area contributed by atoms with Gasteiger partial charge in [0, 0.05) is 37.6 Å². The molecule has 2 aromatic rings. The quantitative estimate of drug-likeness (QED) is 0.874. The minimum absolute atomic E-state index is 0.160. The van der Waals surface area contributed by atoms with Gasteiger partial charge in [-0.3, -0.25) is 0 Å². The van der Waals surface area contributed by atoms with E-state index in [1.54, 1.807) is 12.1 Å². The second-order valence-electron chi connectivity index (χ2n) is 5.34. The molecule has 1 amide bonds. The molecule has 3 rings (SSSR count). The first-order valence-electron chi connectivity index (χ1n) is 7.15. The summed E-state index contributed by atoms with van der Waals surface area (Å²) in [6.45, 7) is 2.09. The first kappa shape index (κ1) is 15.5. The van der Waals surface area contributed by atoms with Gasteiger partial charge in [0.25, 0.3) is 0 Å². The SMILES string of the molecule is O=C(O)c1cc2c(Cl)c(N3CCCN(C(=O)O)CC3)ccc2o1. The molecule has 0 unspecified atom stereocenters. The molecule has 2 heterocycles. The number of benzene rings is 1. The van der Waals surface area contributed by atoms with Crippen molar-refractivity contribution in [2.24, 2.45) is 0 Å². The summed E-state index contributed by atoms with van der Waals surface area (Å²) in [4.78, 5) is 25.5. The summed E-state index contributed by atoms with van der Waals surface area (Å²) in [5, 5.41) is 19.1. The Kier molecular flexibility index (Phi) is 4.04. The summed E-state index contributed by atoms with van der Waals surface area (Å²) in [6, 6.07) is 4.87. The van der Waals surface area contributed by atoms with Crippen LogP contribution in [0.5, 0.6) is 0 Å². The van der Waals surface area contributed by atoms with Crippen LogP contribution in [-0.2, 0) is 0 Å². The maximum atomic E-state index is 11.1. The van der Waals surface area contributed by atoms with Crippen molar-refractivity contribution in [3.05, 3.63) is 29.0 Å². The van der Waals surface area contributed by atoms with Gasteiger partial charge >= 0.3 is 12.1 Å². The van der Waals surface area contributed by atoms with Crippen LogP contribution in [-0.4, -0.2) is 53.4 Å². The van der Waals surface area contributed by atoms with E-state index in [0.29, 0.717) is 48.6 Å². The fourth-order valence-electron chi connectivity index (χ4n) is 2.77. The topological polar surface area (TPSA) is 94.2 Å². The van der Waals surface area contributed by atoms with Crippen LogP contribution < -0.4 is 4.90 Å². The Hall–Kier alpha value is -2.41. The van der Waals surface area contributed by atoms with Gasteiger partial charge in [0.1, 0.15) is 5.58 Å². The normalized spacial score (nSPS) is 15.7. The van der Waals surface area contributed by atoms with Gasteiger partial charge in [-0.1, -0.05) is 11.6 Å². The summed E-state index contributed by atoms with van der Waals surface area (Å²) in [6.07, 6.45) is -0.221. The van der Waals surface area contributed by atoms with E-state index in [1.807, 2.05) is 4.90 Å². The third-order valence-corrected chi connectivity index (χ3v) is 4.33. The van der Waals surface area contributed by atoms with E-state index in [9.17, 15) is 9.59 Å². The van der Waals surface area contributed by atoms with E-state index in [-0.39, 0.29) is 5.76 Å². The van der Waals surface area contributed by atoms with E-state index in [1.165, 1.54) is 11.0 Å². The van der Waals surface area contributed by atoms with E-state index < -0.39 is 12.1 Å². The van der Waals surface area contributed by atoms with E-state index in [4.69, 9.17) is 26.2 Å². The van der Waals surface area contributed by atoms with Gasteiger partial charge in [-0.15, -0.1) is 0 Å². The van der Waals surface area contributed by atoms with Crippen molar-refractivity contribution in [2.45, 2.75) is 6.42 Å². The number of carboxylic acid groups (broad SMARTS) is 2. The Morgan fingerprint density at radius 2 is 1.91 bits per heavy atom. The highest BCUT2D eigenvalue weighted by Crippen LogP contribution is 2.35. The molecule has 1 fully saturated rings. The molecule has 1 aromatic heterocycles. The smallest absolute Gasteiger partial charge is 0.407 e. The van der Waals surface area contributed by atoms with Crippen LogP contribution in [0.3, 0.4) is 0 Å². The lowest BCUT2D eigenvalue weighted by Crippen LogP contribution is -2.34. The number of anilines is 1. The minimum Gasteiger partial charge on any atom is -0.475 e. The number of hydrogen-bond acceptors (Lipinski definition) is 4. The fourth-order valence-corrected chi connectivity index (χ4v) is 3.10. The molecule has 1 saturated heterocycles. The molecule has 0 spiro atoms. The standard InChI is InChI=1S/C15H15ClN2O5/c16-13-9-8-12(14(19)20)23-11(9)3-2-10(13)17-4-1-5-18(7-6-17)15(21)22/h2-3,8H,1,4-7H2,(H,19,20)(H,21,22). The lowest BCUT2D eigenvalue weighted by Gasteiger charge is -2.24. The van der Waals surface area contributed by atoms with Crippen molar-refractivity contribution in [3.63, 3.8) is 0 Å². The summed E-state index contributed by atoms with van der Waals surface area (Å²) < 4.78 is 5.24.